The van der Waals surface area contributed by atoms with Crippen LogP contribution in [0.1, 0.15) is 19.3 Å². The van der Waals surface area contributed by atoms with Gasteiger partial charge in [-0.2, -0.15) is 11.8 Å². The van der Waals surface area contributed by atoms with Crippen LogP contribution in [-0.4, -0.2) is 30.5 Å². The zero-order valence-corrected chi connectivity index (χ0v) is 9.44. The van der Waals surface area contributed by atoms with Crippen molar-refractivity contribution >= 4 is 17.7 Å². The van der Waals surface area contributed by atoms with Crippen molar-refractivity contribution in [2.75, 3.05) is 24.6 Å². The maximum absolute atomic E-state index is 11.2. The van der Waals surface area contributed by atoms with Gasteiger partial charge in [-0.05, 0) is 19.4 Å². The average Bonchev–Trinajstić information content (AvgIpc) is 2.18. The van der Waals surface area contributed by atoms with E-state index in [2.05, 4.69) is 11.9 Å². The largest absolute Gasteiger partial charge is 0.355 e. The third-order valence-electron chi connectivity index (χ3n) is 1.66. The maximum atomic E-state index is 11.2. The van der Waals surface area contributed by atoms with Gasteiger partial charge in [0.15, 0.2) is 0 Å². The predicted octanol–water partition coefficient (Wildman–Crippen LogP) is 1.15. The molecule has 0 saturated carbocycles. The van der Waals surface area contributed by atoms with Crippen molar-refractivity contribution in [2.45, 2.75) is 19.3 Å². The van der Waals surface area contributed by atoms with E-state index >= 15 is 0 Å². The Morgan fingerprint density at radius 3 is 2.93 bits per heavy atom. The monoisotopic (exact) mass is 216 g/mol. The van der Waals surface area contributed by atoms with Crippen LogP contribution in [0.15, 0.2) is 12.7 Å². The lowest BCUT2D eigenvalue weighted by molar-refractivity contribution is -0.121. The van der Waals surface area contributed by atoms with Gasteiger partial charge in [0.05, 0.1) is 0 Å². The first-order valence-corrected chi connectivity index (χ1v) is 6.12. The van der Waals surface area contributed by atoms with Crippen LogP contribution in [0.25, 0.3) is 0 Å². The molecule has 82 valence electrons. The van der Waals surface area contributed by atoms with E-state index in [0.717, 1.165) is 30.9 Å². The molecular weight excluding hydrogens is 196 g/mol. The molecule has 0 heterocycles. The Balaban J connectivity index is 3.14. The molecule has 14 heavy (non-hydrogen) atoms. The zero-order chi connectivity index (χ0) is 10.6. The SMILES string of the molecule is C=CCSCCNC(=O)CCCCN. The summed E-state index contributed by atoms with van der Waals surface area (Å²) in [6, 6.07) is 0. The summed E-state index contributed by atoms with van der Waals surface area (Å²) in [6.07, 6.45) is 4.29. The minimum atomic E-state index is 0.137. The Morgan fingerprint density at radius 1 is 1.50 bits per heavy atom. The van der Waals surface area contributed by atoms with Crippen molar-refractivity contribution < 1.29 is 4.79 Å². The van der Waals surface area contributed by atoms with Crippen LogP contribution in [-0.2, 0) is 4.79 Å². The lowest BCUT2D eigenvalue weighted by Gasteiger charge is -2.03. The summed E-state index contributed by atoms with van der Waals surface area (Å²) in [4.78, 5) is 11.2. The maximum Gasteiger partial charge on any atom is 0.220 e. The van der Waals surface area contributed by atoms with E-state index < -0.39 is 0 Å². The molecule has 1 amide bonds. The molecule has 0 aliphatic carbocycles. The first kappa shape index (κ1) is 13.5. The molecule has 0 aromatic heterocycles. The second-order valence-corrected chi connectivity index (χ2v) is 4.11. The van der Waals surface area contributed by atoms with Gasteiger partial charge in [-0.3, -0.25) is 4.79 Å². The third-order valence-corrected chi connectivity index (χ3v) is 2.63. The molecule has 0 aromatic carbocycles. The number of hydrogen-bond acceptors (Lipinski definition) is 3. The number of unbranched alkanes of at least 4 members (excludes halogenated alkanes) is 1. The number of rotatable bonds is 9. The van der Waals surface area contributed by atoms with Crippen LogP contribution >= 0.6 is 11.8 Å². The standard InChI is InChI=1S/C10H20N2OS/c1-2-8-14-9-7-12-10(13)5-3-4-6-11/h2H,1,3-9,11H2,(H,12,13). The molecule has 0 rings (SSSR count). The summed E-state index contributed by atoms with van der Waals surface area (Å²) in [7, 11) is 0. The molecule has 3 nitrogen and oxygen atoms in total. The van der Waals surface area contributed by atoms with Crippen LogP contribution in [0.4, 0.5) is 0 Å². The van der Waals surface area contributed by atoms with Gasteiger partial charge in [-0.15, -0.1) is 6.58 Å². The van der Waals surface area contributed by atoms with Gasteiger partial charge >= 0.3 is 0 Å². The molecular formula is C10H20N2OS. The first-order valence-electron chi connectivity index (χ1n) is 4.96. The van der Waals surface area contributed by atoms with Gasteiger partial charge in [0.1, 0.15) is 0 Å². The number of hydrogen-bond donors (Lipinski definition) is 2. The van der Waals surface area contributed by atoms with E-state index in [1.165, 1.54) is 0 Å². The fraction of sp³-hybridized carbons (Fsp3) is 0.700. The Bertz CT molecular complexity index is 162. The van der Waals surface area contributed by atoms with Crippen molar-refractivity contribution in [1.29, 1.82) is 0 Å². The van der Waals surface area contributed by atoms with Crippen LogP contribution in [0.3, 0.4) is 0 Å². The summed E-state index contributed by atoms with van der Waals surface area (Å²) < 4.78 is 0. The van der Waals surface area contributed by atoms with Crippen LogP contribution < -0.4 is 11.1 Å². The minimum Gasteiger partial charge on any atom is -0.355 e. The van der Waals surface area contributed by atoms with Gasteiger partial charge in [0, 0.05) is 24.5 Å². The fourth-order valence-corrected chi connectivity index (χ4v) is 1.53. The second-order valence-electron chi connectivity index (χ2n) is 2.96. The molecule has 0 spiro atoms. The molecule has 0 fully saturated rings. The van der Waals surface area contributed by atoms with E-state index in [1.807, 2.05) is 6.08 Å². The number of nitrogens with one attached hydrogen (secondary N) is 1. The van der Waals surface area contributed by atoms with Crippen LogP contribution in [0.2, 0.25) is 0 Å². The van der Waals surface area contributed by atoms with Crippen molar-refractivity contribution in [3.8, 4) is 0 Å². The molecule has 0 aliphatic rings. The summed E-state index contributed by atoms with van der Waals surface area (Å²) >= 11 is 1.77. The van der Waals surface area contributed by atoms with E-state index in [9.17, 15) is 4.79 Å². The second kappa shape index (κ2) is 10.6. The Labute approximate surface area is 90.5 Å². The van der Waals surface area contributed by atoms with Gasteiger partial charge in [-0.25, -0.2) is 0 Å². The van der Waals surface area contributed by atoms with Crippen LogP contribution in [0.5, 0.6) is 0 Å². The normalized spacial score (nSPS) is 9.79. The lowest BCUT2D eigenvalue weighted by atomic mass is 10.2. The van der Waals surface area contributed by atoms with Gasteiger partial charge in [-0.1, -0.05) is 6.08 Å². The average molecular weight is 216 g/mol. The first-order chi connectivity index (χ1) is 6.81. The number of carbonyl (C=O) groups excluding carboxylic acids is 1. The quantitative estimate of drug-likeness (QED) is 0.449. The Morgan fingerprint density at radius 2 is 2.29 bits per heavy atom. The molecule has 0 aliphatic heterocycles. The molecule has 0 unspecified atom stereocenters. The molecule has 0 aromatic rings. The molecule has 0 radical (unpaired) electrons. The highest BCUT2D eigenvalue weighted by Gasteiger charge is 1.98. The summed E-state index contributed by atoms with van der Waals surface area (Å²) in [5.41, 5.74) is 5.33. The van der Waals surface area contributed by atoms with Crippen molar-refractivity contribution in [3.63, 3.8) is 0 Å². The van der Waals surface area contributed by atoms with Gasteiger partial charge in [0.25, 0.3) is 0 Å². The minimum absolute atomic E-state index is 0.137. The number of amides is 1. The molecule has 0 bridgehead atoms. The zero-order valence-electron chi connectivity index (χ0n) is 8.63. The van der Waals surface area contributed by atoms with Crippen molar-refractivity contribution in [2.24, 2.45) is 5.73 Å². The Hall–Kier alpha value is -0.480. The van der Waals surface area contributed by atoms with Crippen LogP contribution in [0, 0.1) is 0 Å². The van der Waals surface area contributed by atoms with E-state index in [1.54, 1.807) is 11.8 Å². The predicted molar refractivity (Wildman–Crippen MR) is 63.4 cm³/mol. The molecule has 3 N–H and O–H groups in total. The summed E-state index contributed by atoms with van der Waals surface area (Å²) in [6.45, 7) is 5.04. The van der Waals surface area contributed by atoms with Gasteiger partial charge in [0.2, 0.25) is 5.91 Å². The topological polar surface area (TPSA) is 55.1 Å². The molecule has 0 saturated heterocycles. The summed E-state index contributed by atoms with van der Waals surface area (Å²) in [5.74, 6) is 2.04. The fourth-order valence-electron chi connectivity index (χ4n) is 0.948. The van der Waals surface area contributed by atoms with Crippen molar-refractivity contribution in [3.05, 3.63) is 12.7 Å². The lowest BCUT2D eigenvalue weighted by Crippen LogP contribution is -2.25. The number of carbonyl (C=O) groups is 1. The summed E-state index contributed by atoms with van der Waals surface area (Å²) in [5, 5.41) is 2.87. The van der Waals surface area contributed by atoms with E-state index in [0.29, 0.717) is 13.0 Å². The highest BCUT2D eigenvalue weighted by molar-refractivity contribution is 7.99. The van der Waals surface area contributed by atoms with E-state index in [-0.39, 0.29) is 5.91 Å². The molecule has 0 atom stereocenters. The highest BCUT2D eigenvalue weighted by Crippen LogP contribution is 1.98. The third kappa shape index (κ3) is 9.61. The van der Waals surface area contributed by atoms with E-state index in [4.69, 9.17) is 5.73 Å². The highest BCUT2D eigenvalue weighted by atomic mass is 32.2. The van der Waals surface area contributed by atoms with Crippen molar-refractivity contribution in [1.82, 2.24) is 5.32 Å². The smallest absolute Gasteiger partial charge is 0.220 e. The molecule has 4 heteroatoms. The number of thioether (sulfide) groups is 1. The Kier molecular flexibility index (Phi) is 10.2. The van der Waals surface area contributed by atoms with Gasteiger partial charge < -0.3 is 11.1 Å². The number of nitrogens with two attached hydrogens (primary N) is 1.